The molecule has 1 saturated heterocycles. The van der Waals surface area contributed by atoms with Crippen molar-refractivity contribution in [3.05, 3.63) is 71.8 Å². The van der Waals surface area contributed by atoms with Gasteiger partial charge in [-0.15, -0.1) is 0 Å². The van der Waals surface area contributed by atoms with E-state index in [1.165, 1.54) is 0 Å². The SMILES string of the molecule is C[N+]1(C)CCOC(OC(=O)CC(c2ccccc2)c2ccccc2)C1. The first kappa shape index (κ1) is 17.6. The molecule has 0 radical (unpaired) electrons. The van der Waals surface area contributed by atoms with Crippen molar-refractivity contribution in [2.75, 3.05) is 33.8 Å². The normalized spacial score (nSPS) is 19.6. The second-order valence-electron chi connectivity index (χ2n) is 7.21. The molecule has 0 bridgehead atoms. The molecule has 0 aromatic heterocycles. The molecule has 1 unspecified atom stereocenters. The van der Waals surface area contributed by atoms with Gasteiger partial charge >= 0.3 is 5.97 Å². The molecule has 1 fully saturated rings. The Bertz CT molecular complexity index is 645. The van der Waals surface area contributed by atoms with Gasteiger partial charge in [-0.3, -0.25) is 4.79 Å². The second-order valence-corrected chi connectivity index (χ2v) is 7.21. The summed E-state index contributed by atoms with van der Waals surface area (Å²) < 4.78 is 12.0. The van der Waals surface area contributed by atoms with Gasteiger partial charge in [-0.25, -0.2) is 0 Å². The molecule has 1 atom stereocenters. The number of likely N-dealkylation sites (N-methyl/N-ethyl adjacent to an activating group) is 1. The molecule has 2 aromatic rings. The van der Waals surface area contributed by atoms with E-state index in [4.69, 9.17) is 9.47 Å². The predicted molar refractivity (Wildman–Crippen MR) is 97.0 cm³/mol. The number of ether oxygens (including phenoxy) is 2. The largest absolute Gasteiger partial charge is 0.429 e. The van der Waals surface area contributed by atoms with Crippen LogP contribution >= 0.6 is 0 Å². The van der Waals surface area contributed by atoms with Crippen LogP contribution in [0.4, 0.5) is 0 Å². The topological polar surface area (TPSA) is 35.5 Å². The first-order chi connectivity index (χ1) is 12.0. The summed E-state index contributed by atoms with van der Waals surface area (Å²) >= 11 is 0. The molecule has 1 heterocycles. The molecule has 0 spiro atoms. The number of carbonyl (C=O) groups excluding carboxylic acids is 1. The number of rotatable bonds is 5. The Morgan fingerprint density at radius 3 is 2.16 bits per heavy atom. The van der Waals surface area contributed by atoms with E-state index in [0.717, 1.165) is 22.2 Å². The fourth-order valence-corrected chi connectivity index (χ4v) is 3.21. The van der Waals surface area contributed by atoms with Gasteiger partial charge in [-0.2, -0.15) is 0 Å². The number of morpholine rings is 1. The minimum Gasteiger partial charge on any atom is -0.429 e. The highest BCUT2D eigenvalue weighted by molar-refractivity contribution is 5.71. The highest BCUT2D eigenvalue weighted by Crippen LogP contribution is 2.28. The first-order valence-corrected chi connectivity index (χ1v) is 8.76. The van der Waals surface area contributed by atoms with E-state index in [-0.39, 0.29) is 11.9 Å². The molecule has 4 heteroatoms. The average Bonchev–Trinajstić information content (AvgIpc) is 2.60. The molecule has 0 aliphatic carbocycles. The van der Waals surface area contributed by atoms with Gasteiger partial charge < -0.3 is 14.0 Å². The fraction of sp³-hybridized carbons (Fsp3) is 0.381. The van der Waals surface area contributed by atoms with E-state index < -0.39 is 6.29 Å². The van der Waals surface area contributed by atoms with Crippen molar-refractivity contribution in [2.45, 2.75) is 18.6 Å². The molecule has 0 N–H and O–H groups in total. The molecule has 0 saturated carbocycles. The zero-order valence-corrected chi connectivity index (χ0v) is 14.9. The lowest BCUT2D eigenvalue weighted by atomic mass is 9.89. The van der Waals surface area contributed by atoms with Crippen LogP contribution in [0.3, 0.4) is 0 Å². The lowest BCUT2D eigenvalue weighted by Crippen LogP contribution is -2.53. The maximum Gasteiger partial charge on any atom is 0.309 e. The second kappa shape index (κ2) is 7.81. The van der Waals surface area contributed by atoms with E-state index in [1.54, 1.807) is 0 Å². The van der Waals surface area contributed by atoms with Crippen LogP contribution in [-0.4, -0.2) is 50.5 Å². The molecule has 25 heavy (non-hydrogen) atoms. The minimum atomic E-state index is -0.455. The summed E-state index contributed by atoms with van der Waals surface area (Å²) in [5.74, 6) is -0.231. The number of quaternary nitrogens is 1. The lowest BCUT2D eigenvalue weighted by Gasteiger charge is -2.37. The predicted octanol–water partition coefficient (Wildman–Crippen LogP) is 3.18. The Morgan fingerprint density at radius 1 is 1.08 bits per heavy atom. The van der Waals surface area contributed by atoms with Gasteiger partial charge in [0.05, 0.1) is 20.5 Å². The van der Waals surface area contributed by atoms with Gasteiger partial charge in [0.2, 0.25) is 0 Å². The maximum atomic E-state index is 12.6. The standard InChI is InChI=1S/C21H26NO3/c1-22(2)13-14-24-21(16-22)25-20(23)15-19(17-9-5-3-6-10-17)18-11-7-4-8-12-18/h3-12,19,21H,13-16H2,1-2H3/q+1. The smallest absolute Gasteiger partial charge is 0.309 e. The third-order valence-corrected chi connectivity index (χ3v) is 4.68. The maximum absolute atomic E-state index is 12.6. The number of hydrogen-bond donors (Lipinski definition) is 0. The molecule has 0 amide bonds. The van der Waals surface area contributed by atoms with E-state index in [9.17, 15) is 4.79 Å². The highest BCUT2D eigenvalue weighted by Gasteiger charge is 2.31. The van der Waals surface area contributed by atoms with Crippen LogP contribution < -0.4 is 0 Å². The van der Waals surface area contributed by atoms with Crippen LogP contribution in [0.5, 0.6) is 0 Å². The van der Waals surface area contributed by atoms with E-state index in [1.807, 2.05) is 36.4 Å². The summed E-state index contributed by atoms with van der Waals surface area (Å²) in [6.45, 7) is 2.24. The molecule has 4 nitrogen and oxygen atoms in total. The van der Waals surface area contributed by atoms with Gasteiger partial charge in [0, 0.05) is 5.92 Å². The van der Waals surface area contributed by atoms with Crippen LogP contribution in [0.15, 0.2) is 60.7 Å². The van der Waals surface area contributed by atoms with Crippen molar-refractivity contribution >= 4 is 5.97 Å². The van der Waals surface area contributed by atoms with E-state index >= 15 is 0 Å². The molecular weight excluding hydrogens is 314 g/mol. The van der Waals surface area contributed by atoms with E-state index in [0.29, 0.717) is 19.6 Å². The minimum absolute atomic E-state index is 0.0130. The number of carbonyl (C=O) groups is 1. The average molecular weight is 340 g/mol. The summed E-state index contributed by atoms with van der Waals surface area (Å²) in [5, 5.41) is 0. The summed E-state index contributed by atoms with van der Waals surface area (Å²) in [4.78, 5) is 12.6. The highest BCUT2D eigenvalue weighted by atomic mass is 16.7. The molecule has 132 valence electrons. The Hall–Kier alpha value is -2.17. The zero-order chi connectivity index (χ0) is 17.7. The van der Waals surface area contributed by atoms with Crippen LogP contribution in [0.25, 0.3) is 0 Å². The van der Waals surface area contributed by atoms with Gasteiger partial charge in [0.1, 0.15) is 19.7 Å². The Morgan fingerprint density at radius 2 is 1.64 bits per heavy atom. The monoisotopic (exact) mass is 340 g/mol. The third kappa shape index (κ3) is 4.91. The van der Waals surface area contributed by atoms with Crippen molar-refractivity contribution in [3.63, 3.8) is 0 Å². The number of esters is 1. The number of nitrogens with zero attached hydrogens (tertiary/aromatic N) is 1. The summed E-state index contributed by atoms with van der Waals surface area (Å²) in [7, 11) is 4.25. The van der Waals surface area contributed by atoms with E-state index in [2.05, 4.69) is 38.4 Å². The van der Waals surface area contributed by atoms with Crippen molar-refractivity contribution < 1.29 is 18.8 Å². The quantitative estimate of drug-likeness (QED) is 0.619. The Kier molecular flexibility index (Phi) is 5.51. The molecule has 3 rings (SSSR count). The molecule has 1 aliphatic heterocycles. The van der Waals surface area contributed by atoms with Gasteiger partial charge in [-0.05, 0) is 11.1 Å². The van der Waals surface area contributed by atoms with Gasteiger partial charge in [0.25, 0.3) is 6.29 Å². The van der Waals surface area contributed by atoms with Gasteiger partial charge in [0.15, 0.2) is 0 Å². The molecule has 2 aromatic carbocycles. The summed E-state index contributed by atoms with van der Waals surface area (Å²) in [6.07, 6.45) is -0.148. The number of benzene rings is 2. The van der Waals surface area contributed by atoms with Crippen molar-refractivity contribution in [2.24, 2.45) is 0 Å². The third-order valence-electron chi connectivity index (χ3n) is 4.68. The fourth-order valence-electron chi connectivity index (χ4n) is 3.21. The van der Waals surface area contributed by atoms with Crippen molar-refractivity contribution in [3.8, 4) is 0 Å². The lowest BCUT2D eigenvalue weighted by molar-refractivity contribution is -0.905. The molecular formula is C21H26NO3+. The summed E-state index contributed by atoms with van der Waals surface area (Å²) in [5.41, 5.74) is 2.23. The Balaban J connectivity index is 1.71. The van der Waals surface area contributed by atoms with Crippen LogP contribution in [0, 0.1) is 0 Å². The first-order valence-electron chi connectivity index (χ1n) is 8.76. The zero-order valence-electron chi connectivity index (χ0n) is 14.9. The Labute approximate surface area is 149 Å². The van der Waals surface area contributed by atoms with Crippen molar-refractivity contribution in [1.82, 2.24) is 0 Å². The van der Waals surface area contributed by atoms with Crippen molar-refractivity contribution in [1.29, 1.82) is 0 Å². The van der Waals surface area contributed by atoms with Crippen LogP contribution in [-0.2, 0) is 14.3 Å². The van der Waals surface area contributed by atoms with Crippen LogP contribution in [0.2, 0.25) is 0 Å². The van der Waals surface area contributed by atoms with Crippen LogP contribution in [0.1, 0.15) is 23.5 Å². The van der Waals surface area contributed by atoms with Gasteiger partial charge in [-0.1, -0.05) is 60.7 Å². The summed E-state index contributed by atoms with van der Waals surface area (Å²) in [6, 6.07) is 20.2. The molecule has 1 aliphatic rings. The number of hydrogen-bond acceptors (Lipinski definition) is 3.